The summed E-state index contributed by atoms with van der Waals surface area (Å²) in [6, 6.07) is 7.91. The van der Waals surface area contributed by atoms with E-state index in [1.807, 2.05) is 39.0 Å². The van der Waals surface area contributed by atoms with Gasteiger partial charge in [-0.15, -0.1) is 0 Å². The summed E-state index contributed by atoms with van der Waals surface area (Å²) in [4.78, 5) is 14.1. The molecule has 0 aliphatic carbocycles. The summed E-state index contributed by atoms with van der Waals surface area (Å²) >= 11 is 6.48. The maximum absolute atomic E-state index is 11.9. The highest BCUT2D eigenvalue weighted by Gasteiger charge is 2.24. The van der Waals surface area contributed by atoms with Crippen LogP contribution in [-0.4, -0.2) is 31.4 Å². The van der Waals surface area contributed by atoms with Gasteiger partial charge in [-0.3, -0.25) is 4.79 Å². The van der Waals surface area contributed by atoms with Crippen LogP contribution in [0.4, 0.5) is 5.69 Å². The van der Waals surface area contributed by atoms with Gasteiger partial charge in [-0.2, -0.15) is 5.26 Å². The molecule has 1 fully saturated rings. The summed E-state index contributed by atoms with van der Waals surface area (Å²) in [5.74, 6) is 1.62. The van der Waals surface area contributed by atoms with Gasteiger partial charge in [0.05, 0.1) is 22.7 Å². The lowest BCUT2D eigenvalue weighted by atomic mass is 9.45. The fraction of sp³-hybridized carbons (Fsp3) is 0.550. The lowest BCUT2D eigenvalue weighted by molar-refractivity contribution is -0.154. The van der Waals surface area contributed by atoms with Crippen LogP contribution in [0.1, 0.15) is 45.1 Å². The first kappa shape index (κ1) is 21.1. The number of rotatable bonds is 5. The number of halogens is 1. The molecule has 2 rings (SSSR count). The Morgan fingerprint density at radius 1 is 1.33 bits per heavy atom. The molecule has 1 aliphatic rings. The number of benzene rings is 1. The van der Waals surface area contributed by atoms with Crippen LogP contribution in [0, 0.1) is 22.6 Å². The summed E-state index contributed by atoms with van der Waals surface area (Å²) in [7, 11) is 0. The molecule has 1 aromatic carbocycles. The van der Waals surface area contributed by atoms with Crippen LogP contribution in [-0.2, 0) is 9.53 Å². The first-order valence-electron chi connectivity index (χ1n) is 9.29. The Kier molecular flexibility index (Phi) is 7.16. The predicted octanol–water partition coefficient (Wildman–Crippen LogP) is 4.45. The quantitative estimate of drug-likeness (QED) is 0.553. The number of hydrogen-bond donors (Lipinski definition) is 0. The zero-order valence-corrected chi connectivity index (χ0v) is 16.9. The Labute approximate surface area is 166 Å². The van der Waals surface area contributed by atoms with Crippen molar-refractivity contribution < 1.29 is 9.53 Å². The molecule has 0 N–H and O–H groups in total. The number of nitrogens with zero attached hydrogens (tertiary/aromatic N) is 3. The van der Waals surface area contributed by atoms with Gasteiger partial charge < -0.3 is 9.64 Å². The fourth-order valence-electron chi connectivity index (χ4n) is 3.21. The van der Waals surface area contributed by atoms with Crippen LogP contribution in [0.2, 0.25) is 17.7 Å². The lowest BCUT2D eigenvalue weighted by Crippen LogP contribution is -2.36. The number of carbonyl (C=O) groups is 1. The van der Waals surface area contributed by atoms with Crippen molar-refractivity contribution in [1.82, 2.24) is 0 Å². The molecule has 1 atom stereocenters. The summed E-state index contributed by atoms with van der Waals surface area (Å²) in [5, 5.41) is 19.1. The van der Waals surface area contributed by atoms with E-state index in [2.05, 4.69) is 16.9 Å². The Balaban J connectivity index is 2.01. The molecule has 0 radical (unpaired) electrons. The zero-order valence-electron chi connectivity index (χ0n) is 16.2. The van der Waals surface area contributed by atoms with Crippen LogP contribution in [0.15, 0.2) is 18.2 Å². The summed E-state index contributed by atoms with van der Waals surface area (Å²) in [6.45, 7) is 7.20. The summed E-state index contributed by atoms with van der Waals surface area (Å²) in [5.41, 5.74) is 1.21. The largest absolute Gasteiger partial charge is 0.460 e. The van der Waals surface area contributed by atoms with E-state index >= 15 is 0 Å². The van der Waals surface area contributed by atoms with Crippen molar-refractivity contribution in [2.75, 3.05) is 18.0 Å². The zero-order chi connectivity index (χ0) is 20.0. The van der Waals surface area contributed by atoms with Gasteiger partial charge in [-0.1, -0.05) is 17.7 Å². The van der Waals surface area contributed by atoms with Crippen LogP contribution >= 0.6 is 11.6 Å². The molecule has 0 bridgehead atoms. The number of carbonyl (C=O) groups excluding carboxylic acids is 1. The first-order valence-corrected chi connectivity index (χ1v) is 9.66. The van der Waals surface area contributed by atoms with Gasteiger partial charge in [0.1, 0.15) is 5.60 Å². The minimum absolute atomic E-state index is 0.120. The Bertz CT molecular complexity index is 756. The number of ether oxygens (including phenoxy) is 1. The van der Waals surface area contributed by atoms with Crippen molar-refractivity contribution >= 4 is 30.0 Å². The molecule has 27 heavy (non-hydrogen) atoms. The van der Waals surface area contributed by atoms with E-state index in [9.17, 15) is 10.1 Å². The van der Waals surface area contributed by atoms with Gasteiger partial charge in [0, 0.05) is 25.5 Å². The average Bonchev–Trinajstić information content (AvgIpc) is 2.61. The molecule has 0 spiro atoms. The Hall–Kier alpha value is -2.18. The third kappa shape index (κ3) is 6.19. The van der Waals surface area contributed by atoms with Crippen molar-refractivity contribution in [2.24, 2.45) is 0 Å². The minimum atomic E-state index is -0.525. The maximum atomic E-state index is 11.9. The number of anilines is 1. The molecule has 1 heterocycles. The SMILES string of the molecule is CC(C)(C)OC(=O)CCC(C#N)c1ccc(N2CCB(C#N)CC2)c(Cl)c1. The van der Waals surface area contributed by atoms with Gasteiger partial charge in [0.25, 0.3) is 6.71 Å². The van der Waals surface area contributed by atoms with Crippen LogP contribution in [0.25, 0.3) is 0 Å². The highest BCUT2D eigenvalue weighted by atomic mass is 35.5. The second kappa shape index (κ2) is 9.15. The molecular formula is C20H25BClN3O2. The van der Waals surface area contributed by atoms with Crippen molar-refractivity contribution in [3.63, 3.8) is 0 Å². The second-order valence-electron chi connectivity index (χ2n) is 7.91. The average molecular weight is 386 g/mol. The van der Waals surface area contributed by atoms with Crippen LogP contribution < -0.4 is 4.90 Å². The van der Waals surface area contributed by atoms with Gasteiger partial charge in [-0.05, 0) is 57.5 Å². The molecule has 142 valence electrons. The highest BCUT2D eigenvalue weighted by molar-refractivity contribution is 6.67. The normalized spacial score (nSPS) is 15.6. The van der Waals surface area contributed by atoms with E-state index in [1.165, 1.54) is 0 Å². The molecule has 1 aliphatic heterocycles. The lowest BCUT2D eigenvalue weighted by Gasteiger charge is -2.31. The molecule has 5 nitrogen and oxygen atoms in total. The van der Waals surface area contributed by atoms with Crippen molar-refractivity contribution in [3.8, 4) is 12.0 Å². The monoisotopic (exact) mass is 385 g/mol. The van der Waals surface area contributed by atoms with E-state index in [4.69, 9.17) is 21.6 Å². The number of hydrogen-bond acceptors (Lipinski definition) is 5. The smallest absolute Gasteiger partial charge is 0.306 e. The predicted molar refractivity (Wildman–Crippen MR) is 108 cm³/mol. The molecule has 7 heteroatoms. The Morgan fingerprint density at radius 2 is 2.00 bits per heavy atom. The summed E-state index contributed by atoms with van der Waals surface area (Å²) in [6.07, 6.45) is 2.27. The van der Waals surface area contributed by atoms with E-state index < -0.39 is 11.5 Å². The topological polar surface area (TPSA) is 77.1 Å². The van der Waals surface area contributed by atoms with E-state index in [1.54, 1.807) is 0 Å². The summed E-state index contributed by atoms with van der Waals surface area (Å²) < 4.78 is 5.30. The minimum Gasteiger partial charge on any atom is -0.460 e. The van der Waals surface area contributed by atoms with Gasteiger partial charge in [0.15, 0.2) is 0 Å². The van der Waals surface area contributed by atoms with Crippen LogP contribution in [0.5, 0.6) is 0 Å². The first-order chi connectivity index (χ1) is 12.7. The van der Waals surface area contributed by atoms with Crippen molar-refractivity contribution in [3.05, 3.63) is 28.8 Å². The van der Waals surface area contributed by atoms with E-state index in [0.717, 1.165) is 37.0 Å². The molecular weight excluding hydrogens is 361 g/mol. The van der Waals surface area contributed by atoms with E-state index in [-0.39, 0.29) is 19.1 Å². The van der Waals surface area contributed by atoms with Crippen LogP contribution in [0.3, 0.4) is 0 Å². The third-order valence-electron chi connectivity index (χ3n) is 4.61. The van der Waals surface area contributed by atoms with Crippen molar-refractivity contribution in [1.29, 1.82) is 10.5 Å². The Morgan fingerprint density at radius 3 is 2.52 bits per heavy atom. The van der Waals surface area contributed by atoms with Crippen molar-refractivity contribution in [2.45, 2.75) is 57.8 Å². The molecule has 0 saturated carbocycles. The molecule has 0 aromatic heterocycles. The maximum Gasteiger partial charge on any atom is 0.306 e. The molecule has 1 unspecified atom stereocenters. The number of esters is 1. The fourth-order valence-corrected chi connectivity index (χ4v) is 3.51. The molecule has 1 saturated heterocycles. The van der Waals surface area contributed by atoms with Gasteiger partial charge >= 0.3 is 5.97 Å². The highest BCUT2D eigenvalue weighted by Crippen LogP contribution is 2.32. The van der Waals surface area contributed by atoms with Gasteiger partial charge in [-0.25, -0.2) is 5.26 Å². The van der Waals surface area contributed by atoms with E-state index in [0.29, 0.717) is 11.4 Å². The number of nitriles is 2. The third-order valence-corrected chi connectivity index (χ3v) is 4.91. The molecule has 0 amide bonds. The van der Waals surface area contributed by atoms with Gasteiger partial charge in [0.2, 0.25) is 0 Å². The second-order valence-corrected chi connectivity index (χ2v) is 8.32. The molecule has 1 aromatic rings. The standard InChI is InChI=1S/C20H25BClN3O2/c1-20(2,3)27-19(26)7-5-16(13-23)15-4-6-18(17(22)12-15)25-10-8-21(14-24)9-11-25/h4,6,12,16H,5,7-11H2,1-3H3.